The van der Waals surface area contributed by atoms with Gasteiger partial charge in [-0.05, 0) is 60.6 Å². The van der Waals surface area contributed by atoms with Crippen LogP contribution < -0.4 is 5.32 Å². The number of amidine groups is 1. The Hall–Kier alpha value is -1.21. The van der Waals surface area contributed by atoms with Crippen molar-refractivity contribution < 1.29 is 8.42 Å². The van der Waals surface area contributed by atoms with Crippen molar-refractivity contribution in [3.8, 4) is 0 Å². The van der Waals surface area contributed by atoms with E-state index >= 15 is 0 Å². The number of nitrogens with zero attached hydrogens (tertiary/aromatic N) is 1. The second-order valence-electron chi connectivity index (χ2n) is 4.65. The fourth-order valence-electron chi connectivity index (χ4n) is 1.90. The molecule has 114 valence electrons. The molecule has 2 aromatic rings. The van der Waals surface area contributed by atoms with Crippen molar-refractivity contribution in [2.45, 2.75) is 16.7 Å². The molecule has 0 radical (unpaired) electrons. The van der Waals surface area contributed by atoms with Gasteiger partial charge in [0.1, 0.15) is 4.90 Å². The molecular formula is C14H10Cl2N2O2S2. The molecule has 0 unspecified atom stereocenters. The third kappa shape index (κ3) is 3.10. The standard InChI is InChI=1S/C14H10Cl2N2O2S2/c1-8-6-13-12(7-11(8)16)21-14(18-22(13,19)20)17-10-4-2-9(15)3-5-10/h2-7H,1H3,(H,17,18). The van der Waals surface area contributed by atoms with E-state index in [0.29, 0.717) is 26.2 Å². The third-order valence-corrected chi connectivity index (χ3v) is 6.17. The van der Waals surface area contributed by atoms with Crippen LogP contribution in [-0.2, 0) is 10.0 Å². The normalized spacial score (nSPS) is 15.9. The number of benzene rings is 2. The lowest BCUT2D eigenvalue weighted by atomic mass is 10.2. The first-order valence-electron chi connectivity index (χ1n) is 6.21. The first-order valence-corrected chi connectivity index (χ1v) is 9.22. The minimum Gasteiger partial charge on any atom is -0.334 e. The molecule has 3 rings (SSSR count). The minimum atomic E-state index is -3.74. The zero-order chi connectivity index (χ0) is 15.9. The Bertz CT molecular complexity index is 878. The Morgan fingerprint density at radius 3 is 2.50 bits per heavy atom. The smallest absolute Gasteiger partial charge is 0.285 e. The van der Waals surface area contributed by atoms with Crippen LogP contribution in [0.2, 0.25) is 10.0 Å². The third-order valence-electron chi connectivity index (χ3n) is 3.01. The van der Waals surface area contributed by atoms with Crippen LogP contribution in [0.4, 0.5) is 5.69 Å². The molecule has 0 spiro atoms. The van der Waals surface area contributed by atoms with E-state index in [4.69, 9.17) is 23.2 Å². The van der Waals surface area contributed by atoms with Gasteiger partial charge in [0, 0.05) is 20.6 Å². The summed E-state index contributed by atoms with van der Waals surface area (Å²) in [4.78, 5) is 0.739. The summed E-state index contributed by atoms with van der Waals surface area (Å²) >= 11 is 13.1. The number of sulfonamides is 1. The molecule has 0 aromatic heterocycles. The average Bonchev–Trinajstić information content (AvgIpc) is 2.43. The summed E-state index contributed by atoms with van der Waals surface area (Å²) in [5.74, 6) is 0. The number of hydrogen-bond donors (Lipinski definition) is 1. The van der Waals surface area contributed by atoms with Crippen LogP contribution in [0.1, 0.15) is 5.56 Å². The molecule has 4 nitrogen and oxygen atoms in total. The molecule has 22 heavy (non-hydrogen) atoms. The van der Waals surface area contributed by atoms with Crippen LogP contribution in [0.3, 0.4) is 0 Å². The lowest BCUT2D eigenvalue weighted by Gasteiger charge is -2.17. The molecule has 8 heteroatoms. The second-order valence-corrected chi connectivity index (χ2v) is 8.10. The maximum absolute atomic E-state index is 12.3. The van der Waals surface area contributed by atoms with Gasteiger partial charge in [0.05, 0.1) is 0 Å². The number of rotatable bonds is 1. The number of hydrogen-bond acceptors (Lipinski definition) is 4. The van der Waals surface area contributed by atoms with Crippen LogP contribution in [0.15, 0.2) is 50.6 Å². The SMILES string of the molecule is Cc1cc2c(cc1Cl)SC(Nc1ccc(Cl)cc1)=NS2(=O)=O. The zero-order valence-corrected chi connectivity index (χ0v) is 14.4. The van der Waals surface area contributed by atoms with Crippen molar-refractivity contribution in [1.82, 2.24) is 0 Å². The Morgan fingerprint density at radius 2 is 1.82 bits per heavy atom. The molecule has 1 heterocycles. The van der Waals surface area contributed by atoms with E-state index in [2.05, 4.69) is 9.71 Å². The molecule has 0 aliphatic carbocycles. The summed E-state index contributed by atoms with van der Waals surface area (Å²) in [5.41, 5.74) is 1.40. The summed E-state index contributed by atoms with van der Waals surface area (Å²) in [7, 11) is -3.74. The molecule has 0 saturated heterocycles. The van der Waals surface area contributed by atoms with E-state index in [1.165, 1.54) is 11.8 Å². The molecule has 0 bridgehead atoms. The largest absolute Gasteiger partial charge is 0.334 e. The van der Waals surface area contributed by atoms with Gasteiger partial charge in [0.25, 0.3) is 10.0 Å². The lowest BCUT2D eigenvalue weighted by molar-refractivity contribution is 0.595. The van der Waals surface area contributed by atoms with E-state index in [1.807, 2.05) is 0 Å². The van der Waals surface area contributed by atoms with E-state index in [0.717, 1.165) is 0 Å². The molecule has 0 amide bonds. The highest BCUT2D eigenvalue weighted by molar-refractivity contribution is 8.15. The Morgan fingerprint density at radius 1 is 1.14 bits per heavy atom. The minimum absolute atomic E-state index is 0.182. The highest BCUT2D eigenvalue weighted by Crippen LogP contribution is 2.37. The van der Waals surface area contributed by atoms with Gasteiger partial charge in [-0.3, -0.25) is 0 Å². The fourth-order valence-corrected chi connectivity index (χ4v) is 4.86. The van der Waals surface area contributed by atoms with Gasteiger partial charge in [-0.1, -0.05) is 23.2 Å². The van der Waals surface area contributed by atoms with Gasteiger partial charge in [-0.15, -0.1) is 4.40 Å². The molecule has 0 atom stereocenters. The first-order chi connectivity index (χ1) is 10.3. The van der Waals surface area contributed by atoms with E-state index in [9.17, 15) is 8.42 Å². The number of nitrogens with one attached hydrogen (secondary N) is 1. The predicted octanol–water partition coefficient (Wildman–Crippen LogP) is 4.56. The molecule has 1 aliphatic heterocycles. The van der Waals surface area contributed by atoms with Crippen molar-refractivity contribution in [2.75, 3.05) is 5.32 Å². The van der Waals surface area contributed by atoms with E-state index in [-0.39, 0.29) is 10.1 Å². The Labute approximate surface area is 142 Å². The van der Waals surface area contributed by atoms with Gasteiger partial charge in [-0.2, -0.15) is 8.42 Å². The molecule has 0 saturated carbocycles. The average molecular weight is 373 g/mol. The van der Waals surface area contributed by atoms with Crippen molar-refractivity contribution >= 4 is 55.8 Å². The topological polar surface area (TPSA) is 58.5 Å². The van der Waals surface area contributed by atoms with E-state index in [1.54, 1.807) is 43.3 Å². The highest BCUT2D eigenvalue weighted by Gasteiger charge is 2.27. The van der Waals surface area contributed by atoms with Crippen LogP contribution in [-0.4, -0.2) is 13.6 Å². The van der Waals surface area contributed by atoms with Crippen LogP contribution in [0, 0.1) is 6.92 Å². The number of fused-ring (bicyclic) bond motifs is 1. The van der Waals surface area contributed by atoms with Gasteiger partial charge in [0.15, 0.2) is 5.17 Å². The van der Waals surface area contributed by atoms with Gasteiger partial charge >= 0.3 is 0 Å². The molecule has 2 aromatic carbocycles. The number of thioether (sulfide) groups is 1. The second kappa shape index (κ2) is 5.77. The summed E-state index contributed by atoms with van der Waals surface area (Å²) in [6, 6.07) is 10.1. The first kappa shape index (κ1) is 15.7. The van der Waals surface area contributed by atoms with Gasteiger partial charge in [-0.25, -0.2) is 0 Å². The quantitative estimate of drug-likeness (QED) is 0.796. The van der Waals surface area contributed by atoms with Crippen LogP contribution in [0.5, 0.6) is 0 Å². The predicted molar refractivity (Wildman–Crippen MR) is 91.7 cm³/mol. The number of aryl methyl sites for hydroxylation is 1. The number of anilines is 1. The van der Waals surface area contributed by atoms with Crippen molar-refractivity contribution in [3.05, 3.63) is 52.0 Å². The Balaban J connectivity index is 1.98. The molecular weight excluding hydrogens is 363 g/mol. The van der Waals surface area contributed by atoms with E-state index < -0.39 is 10.0 Å². The Kier molecular flexibility index (Phi) is 4.11. The van der Waals surface area contributed by atoms with Crippen LogP contribution in [0.25, 0.3) is 0 Å². The zero-order valence-electron chi connectivity index (χ0n) is 11.3. The van der Waals surface area contributed by atoms with Gasteiger partial charge < -0.3 is 5.32 Å². The van der Waals surface area contributed by atoms with Crippen molar-refractivity contribution in [2.24, 2.45) is 4.40 Å². The maximum Gasteiger partial charge on any atom is 0.285 e. The highest BCUT2D eigenvalue weighted by atomic mass is 35.5. The van der Waals surface area contributed by atoms with Crippen molar-refractivity contribution in [1.29, 1.82) is 0 Å². The summed E-state index contributed by atoms with van der Waals surface area (Å²) in [6.07, 6.45) is 0. The molecule has 1 aliphatic rings. The van der Waals surface area contributed by atoms with Gasteiger partial charge in [0.2, 0.25) is 0 Å². The van der Waals surface area contributed by atoms with Crippen molar-refractivity contribution in [3.63, 3.8) is 0 Å². The lowest BCUT2D eigenvalue weighted by Crippen LogP contribution is -2.16. The summed E-state index contributed by atoms with van der Waals surface area (Å²) in [6.45, 7) is 1.76. The maximum atomic E-state index is 12.3. The molecule has 1 N–H and O–H groups in total. The summed E-state index contributed by atoms with van der Waals surface area (Å²) < 4.78 is 28.4. The molecule has 0 fully saturated rings. The fraction of sp³-hybridized carbons (Fsp3) is 0.0714. The monoisotopic (exact) mass is 372 g/mol. The summed E-state index contributed by atoms with van der Waals surface area (Å²) in [5, 5.41) is 4.37. The number of halogens is 2. The van der Waals surface area contributed by atoms with Crippen LogP contribution >= 0.6 is 35.0 Å².